The molecule has 0 aromatic rings. The highest BCUT2D eigenvalue weighted by atomic mass is 14.7. The number of dihydropyridines is 1. The number of allylic oxidation sites excluding steroid dienone is 4. The Morgan fingerprint density at radius 1 is 1.45 bits per heavy atom. The molecule has 0 amide bonds. The van der Waals surface area contributed by atoms with Crippen molar-refractivity contribution in [3.63, 3.8) is 0 Å². The van der Waals surface area contributed by atoms with Gasteiger partial charge >= 0.3 is 0 Å². The van der Waals surface area contributed by atoms with Gasteiger partial charge in [0, 0.05) is 18.7 Å². The van der Waals surface area contributed by atoms with Gasteiger partial charge in [-0.05, 0) is 18.6 Å². The molecular formula is C10H11N. The van der Waals surface area contributed by atoms with Gasteiger partial charge in [-0.3, -0.25) is 4.99 Å². The molecule has 1 heteroatoms. The van der Waals surface area contributed by atoms with Crippen LogP contribution in [0.15, 0.2) is 40.4 Å². The van der Waals surface area contributed by atoms with Gasteiger partial charge in [-0.15, -0.1) is 0 Å². The van der Waals surface area contributed by atoms with E-state index in [0.29, 0.717) is 5.92 Å². The Hall–Kier alpha value is -1.11. The topological polar surface area (TPSA) is 12.4 Å². The van der Waals surface area contributed by atoms with Crippen molar-refractivity contribution < 1.29 is 0 Å². The van der Waals surface area contributed by atoms with E-state index in [1.165, 1.54) is 11.1 Å². The van der Waals surface area contributed by atoms with E-state index in [4.69, 9.17) is 0 Å². The van der Waals surface area contributed by atoms with Crippen molar-refractivity contribution in [2.75, 3.05) is 6.54 Å². The summed E-state index contributed by atoms with van der Waals surface area (Å²) in [6.45, 7) is 3.05. The van der Waals surface area contributed by atoms with E-state index < -0.39 is 0 Å². The van der Waals surface area contributed by atoms with Crippen LogP contribution < -0.4 is 0 Å². The minimum Gasteiger partial charge on any atom is -0.292 e. The summed E-state index contributed by atoms with van der Waals surface area (Å²) in [5.74, 6) is 0.546. The number of rotatable bonds is 0. The first kappa shape index (κ1) is 6.59. The van der Waals surface area contributed by atoms with Crippen LogP contribution in [0.2, 0.25) is 0 Å². The van der Waals surface area contributed by atoms with Gasteiger partial charge in [0.2, 0.25) is 0 Å². The van der Waals surface area contributed by atoms with Gasteiger partial charge < -0.3 is 0 Å². The average molecular weight is 145 g/mol. The molecule has 0 aromatic heterocycles. The van der Waals surface area contributed by atoms with Crippen LogP contribution in [-0.4, -0.2) is 12.8 Å². The predicted molar refractivity (Wildman–Crippen MR) is 47.8 cm³/mol. The van der Waals surface area contributed by atoms with E-state index in [9.17, 15) is 0 Å². The van der Waals surface area contributed by atoms with Crippen molar-refractivity contribution in [1.82, 2.24) is 0 Å². The summed E-state index contributed by atoms with van der Waals surface area (Å²) < 4.78 is 0. The van der Waals surface area contributed by atoms with E-state index in [1.54, 1.807) is 0 Å². The summed E-state index contributed by atoms with van der Waals surface area (Å²) >= 11 is 0. The normalized spacial score (nSPS) is 27.5. The lowest BCUT2D eigenvalue weighted by atomic mass is 9.90. The summed E-state index contributed by atoms with van der Waals surface area (Å²) in [7, 11) is 0. The number of fused-ring (bicyclic) bond motifs is 1. The van der Waals surface area contributed by atoms with Gasteiger partial charge in [0.1, 0.15) is 0 Å². The van der Waals surface area contributed by atoms with Crippen LogP contribution in [-0.2, 0) is 0 Å². The van der Waals surface area contributed by atoms with Crippen LogP contribution in [0.5, 0.6) is 0 Å². The molecule has 0 aromatic carbocycles. The lowest BCUT2D eigenvalue weighted by Crippen LogP contribution is -2.10. The molecule has 0 spiro atoms. The molecule has 0 bridgehead atoms. The van der Waals surface area contributed by atoms with Crippen molar-refractivity contribution in [3.8, 4) is 0 Å². The van der Waals surface area contributed by atoms with Gasteiger partial charge in [-0.25, -0.2) is 0 Å². The summed E-state index contributed by atoms with van der Waals surface area (Å²) in [6, 6.07) is 0. The fourth-order valence-electron chi connectivity index (χ4n) is 1.47. The van der Waals surface area contributed by atoms with Crippen LogP contribution in [0.3, 0.4) is 0 Å². The van der Waals surface area contributed by atoms with Gasteiger partial charge in [-0.1, -0.05) is 23.8 Å². The standard InChI is InChI=1S/C10H11N/c1-8-2-3-9-4-5-11-7-10(9)6-8/h2-6,10H,7H2,1H3. The Bertz CT molecular complexity index is 279. The van der Waals surface area contributed by atoms with Crippen LogP contribution >= 0.6 is 0 Å². The second-order valence-corrected chi connectivity index (χ2v) is 3.03. The third kappa shape index (κ3) is 1.18. The van der Waals surface area contributed by atoms with E-state index >= 15 is 0 Å². The summed E-state index contributed by atoms with van der Waals surface area (Å²) in [6.07, 6.45) is 10.6. The second-order valence-electron chi connectivity index (χ2n) is 3.03. The SMILES string of the molecule is CC1=CC2CN=CC=C2C=C1. The predicted octanol–water partition coefficient (Wildman–Crippen LogP) is 2.13. The minimum atomic E-state index is 0.546. The molecule has 0 radical (unpaired) electrons. The van der Waals surface area contributed by atoms with Crippen molar-refractivity contribution in [2.45, 2.75) is 6.92 Å². The molecule has 1 nitrogen and oxygen atoms in total. The molecule has 2 rings (SSSR count). The lowest BCUT2D eigenvalue weighted by Gasteiger charge is -2.18. The molecule has 0 N–H and O–H groups in total. The van der Waals surface area contributed by atoms with Crippen molar-refractivity contribution >= 4 is 6.21 Å². The monoisotopic (exact) mass is 145 g/mol. The van der Waals surface area contributed by atoms with Crippen molar-refractivity contribution in [2.24, 2.45) is 10.9 Å². The fraction of sp³-hybridized carbons (Fsp3) is 0.300. The zero-order chi connectivity index (χ0) is 7.68. The quantitative estimate of drug-likeness (QED) is 0.495. The molecule has 1 aliphatic heterocycles. The lowest BCUT2D eigenvalue weighted by molar-refractivity contribution is 0.771. The van der Waals surface area contributed by atoms with Crippen LogP contribution in [0, 0.1) is 5.92 Å². The van der Waals surface area contributed by atoms with E-state index in [0.717, 1.165) is 6.54 Å². The third-order valence-corrected chi connectivity index (χ3v) is 2.11. The number of nitrogens with zero attached hydrogens (tertiary/aromatic N) is 1. The van der Waals surface area contributed by atoms with Gasteiger partial charge in [0.15, 0.2) is 0 Å². The zero-order valence-electron chi connectivity index (χ0n) is 6.62. The highest BCUT2D eigenvalue weighted by Crippen LogP contribution is 2.23. The Labute approximate surface area is 66.8 Å². The van der Waals surface area contributed by atoms with Crippen molar-refractivity contribution in [3.05, 3.63) is 35.5 Å². The second kappa shape index (κ2) is 2.50. The fourth-order valence-corrected chi connectivity index (χ4v) is 1.47. The van der Waals surface area contributed by atoms with Gasteiger partial charge in [0.05, 0.1) is 0 Å². The number of aliphatic imine (C=N–C) groups is 1. The van der Waals surface area contributed by atoms with E-state index in [2.05, 4.69) is 36.2 Å². The Morgan fingerprint density at radius 2 is 2.36 bits per heavy atom. The maximum Gasteiger partial charge on any atom is 0.0492 e. The Morgan fingerprint density at radius 3 is 3.27 bits per heavy atom. The van der Waals surface area contributed by atoms with Crippen LogP contribution in [0.25, 0.3) is 0 Å². The molecule has 1 aliphatic carbocycles. The maximum atomic E-state index is 4.22. The maximum absolute atomic E-state index is 4.22. The summed E-state index contributed by atoms with van der Waals surface area (Å²) in [4.78, 5) is 4.22. The molecule has 56 valence electrons. The van der Waals surface area contributed by atoms with E-state index in [1.807, 2.05) is 6.21 Å². The minimum absolute atomic E-state index is 0.546. The first-order valence-corrected chi connectivity index (χ1v) is 3.93. The largest absolute Gasteiger partial charge is 0.292 e. The smallest absolute Gasteiger partial charge is 0.0492 e. The number of hydrogen-bond donors (Lipinski definition) is 0. The molecule has 1 heterocycles. The molecule has 2 aliphatic rings. The van der Waals surface area contributed by atoms with Gasteiger partial charge in [-0.2, -0.15) is 0 Å². The van der Waals surface area contributed by atoms with Crippen molar-refractivity contribution in [1.29, 1.82) is 0 Å². The third-order valence-electron chi connectivity index (χ3n) is 2.11. The first-order valence-electron chi connectivity index (χ1n) is 3.93. The number of hydrogen-bond acceptors (Lipinski definition) is 1. The molecule has 0 fully saturated rings. The summed E-state index contributed by atoms with van der Waals surface area (Å²) in [5.41, 5.74) is 2.75. The van der Waals surface area contributed by atoms with Gasteiger partial charge in [0.25, 0.3) is 0 Å². The molecular weight excluding hydrogens is 134 g/mol. The molecule has 11 heavy (non-hydrogen) atoms. The highest BCUT2D eigenvalue weighted by molar-refractivity contribution is 5.75. The summed E-state index contributed by atoms with van der Waals surface area (Å²) in [5, 5.41) is 0. The Balaban J connectivity index is 2.33. The molecule has 0 saturated heterocycles. The van der Waals surface area contributed by atoms with Crippen LogP contribution in [0.4, 0.5) is 0 Å². The average Bonchev–Trinajstić information content (AvgIpc) is 2.04. The highest BCUT2D eigenvalue weighted by Gasteiger charge is 2.13. The molecule has 1 unspecified atom stereocenters. The zero-order valence-corrected chi connectivity index (χ0v) is 6.62. The Kier molecular flexibility index (Phi) is 1.50. The van der Waals surface area contributed by atoms with E-state index in [-0.39, 0.29) is 0 Å². The molecule has 1 atom stereocenters. The first-order chi connectivity index (χ1) is 5.36. The van der Waals surface area contributed by atoms with Crippen LogP contribution in [0.1, 0.15) is 6.92 Å². The molecule has 0 saturated carbocycles.